The highest BCUT2D eigenvalue weighted by atomic mass is 28.3. The summed E-state index contributed by atoms with van der Waals surface area (Å²) < 4.78 is 0. The highest BCUT2D eigenvalue weighted by Gasteiger charge is 2.62. The first-order chi connectivity index (χ1) is 10.9. The zero-order valence-electron chi connectivity index (χ0n) is 16.9. The summed E-state index contributed by atoms with van der Waals surface area (Å²) in [4.78, 5) is 0. The van der Waals surface area contributed by atoms with E-state index in [0.717, 1.165) is 0 Å². The van der Waals surface area contributed by atoms with Crippen molar-refractivity contribution in [3.8, 4) is 0 Å². The molecule has 10 radical (unpaired) electrons. The maximum Gasteiger partial charge on any atom is 0.0517 e. The first-order valence-electron chi connectivity index (χ1n) is 9.43. The monoisotopic (exact) mass is 354 g/mol. The van der Waals surface area contributed by atoms with Crippen LogP contribution in [0.2, 0.25) is 39.3 Å². The largest absolute Gasteiger partial charge is 0.0691 e. The zero-order valence-corrected chi connectivity index (χ0v) is 18.9. The summed E-state index contributed by atoms with van der Waals surface area (Å²) in [5.41, 5.74) is 3.79. The Balaban J connectivity index is 1.71. The average molecular weight is 355 g/mol. The van der Waals surface area contributed by atoms with Crippen LogP contribution in [0, 0.1) is 72.3 Å². The van der Waals surface area contributed by atoms with E-state index in [1.54, 1.807) is 22.9 Å². The van der Waals surface area contributed by atoms with Crippen molar-refractivity contribution in [3.63, 3.8) is 0 Å². The molecule has 0 aromatic carbocycles. The Morgan fingerprint density at radius 3 is 1.17 bits per heavy atom. The first-order valence-corrected chi connectivity index (χ1v) is 16.4. The minimum Gasteiger partial charge on any atom is -0.0691 e. The van der Waals surface area contributed by atoms with Gasteiger partial charge in [0.2, 0.25) is 0 Å². The topological polar surface area (TPSA) is 0 Å². The van der Waals surface area contributed by atoms with Crippen LogP contribution in [0.15, 0.2) is 0 Å². The smallest absolute Gasteiger partial charge is 0.0517 e. The summed E-state index contributed by atoms with van der Waals surface area (Å²) in [5.74, 6) is 3.15. The van der Waals surface area contributed by atoms with Crippen molar-refractivity contribution in [2.75, 3.05) is 0 Å². The molecule has 3 rings (SSSR count). The number of rotatable bonds is 4. The minimum atomic E-state index is -1.22. The molecule has 2 heteroatoms. The molecule has 0 bridgehead atoms. The second-order valence-electron chi connectivity index (χ2n) is 10.4. The van der Waals surface area contributed by atoms with Gasteiger partial charge in [-0.3, -0.25) is 0 Å². The van der Waals surface area contributed by atoms with Gasteiger partial charge < -0.3 is 0 Å². The summed E-state index contributed by atoms with van der Waals surface area (Å²) in [6.07, 6.45) is 17.4. The normalized spacial score (nSPS) is 38.0. The average Bonchev–Trinajstić information content (AvgIpc) is 3.11. The summed E-state index contributed by atoms with van der Waals surface area (Å²) in [6, 6.07) is 0. The van der Waals surface area contributed by atoms with Crippen LogP contribution in [-0.4, -0.2) is 16.1 Å². The molecule has 3 aliphatic carbocycles. The molecule has 24 heavy (non-hydrogen) atoms. The van der Waals surface area contributed by atoms with Crippen LogP contribution in [0.4, 0.5) is 0 Å². The van der Waals surface area contributed by atoms with E-state index in [-0.39, 0.29) is 10.8 Å². The van der Waals surface area contributed by atoms with E-state index >= 15 is 0 Å². The van der Waals surface area contributed by atoms with Gasteiger partial charge in [0, 0.05) is 0 Å². The molecule has 0 nitrogen and oxygen atoms in total. The van der Waals surface area contributed by atoms with E-state index in [1.807, 2.05) is 0 Å². The van der Waals surface area contributed by atoms with Gasteiger partial charge in [-0.15, -0.1) is 0 Å². The Morgan fingerprint density at radius 2 is 0.958 bits per heavy atom. The van der Waals surface area contributed by atoms with Crippen LogP contribution < -0.4 is 0 Å². The van der Waals surface area contributed by atoms with Crippen molar-refractivity contribution < 1.29 is 0 Å². The third-order valence-electron chi connectivity index (χ3n) is 6.86. The van der Waals surface area contributed by atoms with Crippen LogP contribution in [0.1, 0.15) is 26.7 Å². The molecule has 0 aliphatic heterocycles. The van der Waals surface area contributed by atoms with Crippen molar-refractivity contribution in [2.45, 2.75) is 66.0 Å². The van der Waals surface area contributed by atoms with E-state index in [1.165, 1.54) is 12.8 Å². The maximum absolute atomic E-state index is 2.53. The molecule has 130 valence electrons. The predicted molar refractivity (Wildman–Crippen MR) is 111 cm³/mol. The minimum absolute atomic E-state index is 0.288. The lowest BCUT2D eigenvalue weighted by molar-refractivity contribution is -0.00965. The van der Waals surface area contributed by atoms with E-state index in [0.29, 0.717) is 0 Å². The van der Waals surface area contributed by atoms with Gasteiger partial charge in [0.15, 0.2) is 0 Å². The van der Waals surface area contributed by atoms with E-state index in [4.69, 9.17) is 0 Å². The lowest BCUT2D eigenvalue weighted by Gasteiger charge is -2.62. The fourth-order valence-corrected chi connectivity index (χ4v) is 6.65. The van der Waals surface area contributed by atoms with Crippen molar-refractivity contribution in [1.29, 1.82) is 0 Å². The molecule has 0 amide bonds. The van der Waals surface area contributed by atoms with E-state index < -0.39 is 16.1 Å². The molecule has 0 N–H and O–H groups in total. The summed E-state index contributed by atoms with van der Waals surface area (Å²) in [6.45, 7) is 19.7. The number of hydrogen-bond donors (Lipinski definition) is 0. The Bertz CT molecular complexity index is 427. The lowest BCUT2D eigenvalue weighted by atomic mass is 9.42. The van der Waals surface area contributed by atoms with Crippen molar-refractivity contribution in [1.82, 2.24) is 0 Å². The molecule has 0 heterocycles. The third-order valence-corrected chi connectivity index (χ3v) is 10.9. The quantitative estimate of drug-likeness (QED) is 0.535. The van der Waals surface area contributed by atoms with Gasteiger partial charge in [0.25, 0.3) is 0 Å². The molecule has 3 aliphatic rings. The molecule has 0 aromatic heterocycles. The standard InChI is InChI=1S/C22H34Si2/c1-21(17-9-11-19(15-17)23(3,4)5)13-14-22(21,2)18-10-12-20(16-18)24(6,7)8/h9-12,15-16H,13-14H2,1-8H3/t21-,22+. The molecule has 0 spiro atoms. The summed E-state index contributed by atoms with van der Waals surface area (Å²) in [5, 5.41) is 0. The van der Waals surface area contributed by atoms with Crippen LogP contribution in [0.5, 0.6) is 0 Å². The van der Waals surface area contributed by atoms with Crippen molar-refractivity contribution >= 4 is 16.1 Å². The molecular formula is C22H34Si2. The second kappa shape index (κ2) is 5.97. The van der Waals surface area contributed by atoms with Crippen LogP contribution >= 0.6 is 0 Å². The van der Waals surface area contributed by atoms with Crippen LogP contribution in [0.3, 0.4) is 0 Å². The number of hydrogen-bond acceptors (Lipinski definition) is 0. The van der Waals surface area contributed by atoms with Gasteiger partial charge in [-0.25, -0.2) is 0 Å². The van der Waals surface area contributed by atoms with Gasteiger partial charge in [0.1, 0.15) is 0 Å². The van der Waals surface area contributed by atoms with E-state index in [9.17, 15) is 0 Å². The fourth-order valence-electron chi connectivity index (χ4n) is 4.31. The van der Waals surface area contributed by atoms with Gasteiger partial charge in [-0.05, 0) is 85.1 Å². The van der Waals surface area contributed by atoms with Crippen molar-refractivity contribution in [3.05, 3.63) is 61.4 Å². The predicted octanol–water partition coefficient (Wildman–Crippen LogP) is 6.10. The van der Waals surface area contributed by atoms with Gasteiger partial charge in [-0.1, -0.05) is 53.1 Å². The molecule has 3 saturated carbocycles. The second-order valence-corrected chi connectivity index (χ2v) is 20.6. The molecule has 3 fully saturated rings. The van der Waals surface area contributed by atoms with Crippen LogP contribution in [0.25, 0.3) is 0 Å². The Morgan fingerprint density at radius 1 is 0.625 bits per heavy atom. The fraction of sp³-hybridized carbons (Fsp3) is 0.545. The summed E-state index contributed by atoms with van der Waals surface area (Å²) in [7, 11) is -2.44. The third kappa shape index (κ3) is 3.02. The highest BCUT2D eigenvalue weighted by Crippen LogP contribution is 2.70. The molecular weight excluding hydrogens is 320 g/mol. The molecule has 0 aromatic rings. The summed E-state index contributed by atoms with van der Waals surface area (Å²) >= 11 is 0. The van der Waals surface area contributed by atoms with Gasteiger partial charge >= 0.3 is 0 Å². The van der Waals surface area contributed by atoms with E-state index in [2.05, 4.69) is 91.7 Å². The SMILES string of the molecule is C[C@@]1([C]2[CH][CH][C]([Si](C)(C)C)[CH]2)CC[C@]1(C)[C]1[CH][CH][C]([Si](C)(C)C)[CH]1. The van der Waals surface area contributed by atoms with Gasteiger partial charge in [0.05, 0.1) is 16.1 Å². The molecule has 2 atom stereocenters. The highest BCUT2D eigenvalue weighted by molar-refractivity contribution is 6.83. The molecule has 0 unspecified atom stereocenters. The maximum atomic E-state index is 2.53. The Hall–Kier alpha value is 0.434. The molecule has 0 saturated heterocycles. The zero-order chi connectivity index (χ0) is 18.0. The van der Waals surface area contributed by atoms with Crippen LogP contribution in [-0.2, 0) is 0 Å². The first kappa shape index (κ1) is 19.2. The van der Waals surface area contributed by atoms with Crippen molar-refractivity contribution in [2.24, 2.45) is 10.8 Å². The van der Waals surface area contributed by atoms with Gasteiger partial charge in [-0.2, -0.15) is 0 Å². The Kier molecular flexibility index (Phi) is 4.78. The Labute approximate surface area is 154 Å². The lowest BCUT2D eigenvalue weighted by Crippen LogP contribution is -2.54.